The molecule has 1 atom stereocenters. The minimum Gasteiger partial charge on any atom is -0.374 e. The Balaban J connectivity index is 2.74. The molecule has 0 aliphatic heterocycles. The average Bonchev–Trinajstić information content (AvgIpc) is 2.19. The van der Waals surface area contributed by atoms with Crippen molar-refractivity contribution in [2.75, 3.05) is 11.4 Å². The van der Waals surface area contributed by atoms with Gasteiger partial charge in [-0.3, -0.25) is 0 Å². The first-order valence-electron chi connectivity index (χ1n) is 4.62. The summed E-state index contributed by atoms with van der Waals surface area (Å²) in [7, 11) is 0. The van der Waals surface area contributed by atoms with Gasteiger partial charge < -0.3 is 10.0 Å². The molecule has 1 unspecified atom stereocenters. The number of hydrogen-bond donors (Lipinski definition) is 1. The van der Waals surface area contributed by atoms with Crippen LogP contribution in [-0.2, 0) is 0 Å². The maximum Gasteiger partial charge on any atom is 0.124 e. The van der Waals surface area contributed by atoms with Gasteiger partial charge in [-0.05, 0) is 19.1 Å². The van der Waals surface area contributed by atoms with Crippen LogP contribution in [0, 0.1) is 11.3 Å². The molecule has 1 aromatic rings. The molecule has 3 heteroatoms. The molecular formula is C11H14N2O. The van der Waals surface area contributed by atoms with Crippen molar-refractivity contribution in [2.45, 2.75) is 19.6 Å². The Morgan fingerprint density at radius 1 is 1.43 bits per heavy atom. The van der Waals surface area contributed by atoms with Gasteiger partial charge in [0, 0.05) is 12.2 Å². The first-order chi connectivity index (χ1) is 6.75. The molecule has 14 heavy (non-hydrogen) atoms. The molecule has 0 aliphatic carbocycles. The Kier molecular flexibility index (Phi) is 3.96. The Labute approximate surface area is 84.2 Å². The van der Waals surface area contributed by atoms with Gasteiger partial charge in [-0.15, -0.1) is 0 Å². The summed E-state index contributed by atoms with van der Waals surface area (Å²) in [5.74, 6) is 0. The van der Waals surface area contributed by atoms with Crippen molar-refractivity contribution in [3.63, 3.8) is 0 Å². The van der Waals surface area contributed by atoms with Crippen LogP contribution in [0.1, 0.15) is 13.3 Å². The number of hydrogen-bond acceptors (Lipinski definition) is 3. The minimum atomic E-state index is -0.564. The lowest BCUT2D eigenvalue weighted by Crippen LogP contribution is -2.33. The predicted octanol–water partition coefficient (Wildman–Crippen LogP) is 1.74. The lowest BCUT2D eigenvalue weighted by molar-refractivity contribution is 0.189. The summed E-state index contributed by atoms with van der Waals surface area (Å²) in [5.41, 5.74) is 0.942. The Hall–Kier alpha value is -1.53. The first kappa shape index (κ1) is 10.6. The van der Waals surface area contributed by atoms with E-state index in [1.165, 1.54) is 0 Å². The van der Waals surface area contributed by atoms with Gasteiger partial charge in [-0.2, -0.15) is 5.26 Å². The van der Waals surface area contributed by atoms with Gasteiger partial charge in [-0.1, -0.05) is 18.2 Å². The third-order valence-corrected chi connectivity index (χ3v) is 2.00. The third kappa shape index (κ3) is 2.75. The molecule has 0 saturated carbocycles. The molecule has 0 saturated heterocycles. The minimum absolute atomic E-state index is 0.416. The van der Waals surface area contributed by atoms with Crippen LogP contribution in [0.4, 0.5) is 5.69 Å². The highest BCUT2D eigenvalue weighted by atomic mass is 16.3. The van der Waals surface area contributed by atoms with Crippen LogP contribution in [0.15, 0.2) is 30.3 Å². The maximum atomic E-state index is 9.51. The van der Waals surface area contributed by atoms with E-state index in [2.05, 4.69) is 6.07 Å². The van der Waals surface area contributed by atoms with E-state index in [4.69, 9.17) is 5.26 Å². The molecule has 0 radical (unpaired) electrons. The van der Waals surface area contributed by atoms with Crippen molar-refractivity contribution < 1.29 is 5.11 Å². The highest BCUT2D eigenvalue weighted by molar-refractivity contribution is 5.46. The second-order valence-electron chi connectivity index (χ2n) is 3.07. The van der Waals surface area contributed by atoms with Crippen molar-refractivity contribution in [1.82, 2.24) is 0 Å². The number of anilines is 1. The predicted molar refractivity (Wildman–Crippen MR) is 55.7 cm³/mol. The quantitative estimate of drug-likeness (QED) is 0.736. The van der Waals surface area contributed by atoms with E-state index in [-0.39, 0.29) is 0 Å². The topological polar surface area (TPSA) is 47.3 Å². The lowest BCUT2D eigenvalue weighted by Gasteiger charge is -2.26. The summed E-state index contributed by atoms with van der Waals surface area (Å²) < 4.78 is 0. The fraction of sp³-hybridized carbons (Fsp3) is 0.364. The third-order valence-electron chi connectivity index (χ3n) is 2.00. The van der Waals surface area contributed by atoms with Gasteiger partial charge in [0.25, 0.3) is 0 Å². The van der Waals surface area contributed by atoms with Crippen molar-refractivity contribution in [1.29, 1.82) is 5.26 Å². The van der Waals surface area contributed by atoms with E-state index < -0.39 is 6.23 Å². The molecule has 0 amide bonds. The zero-order chi connectivity index (χ0) is 10.4. The fourth-order valence-electron chi connectivity index (χ4n) is 1.32. The van der Waals surface area contributed by atoms with E-state index in [9.17, 15) is 5.11 Å². The number of rotatable bonds is 4. The summed E-state index contributed by atoms with van der Waals surface area (Å²) in [5, 5.41) is 18.0. The van der Waals surface area contributed by atoms with Crippen LogP contribution in [-0.4, -0.2) is 17.9 Å². The normalized spacial score (nSPS) is 11.8. The molecule has 0 aromatic heterocycles. The fourth-order valence-corrected chi connectivity index (χ4v) is 1.32. The molecule has 1 aromatic carbocycles. The summed E-state index contributed by atoms with van der Waals surface area (Å²) in [6.45, 7) is 2.25. The molecule has 3 nitrogen and oxygen atoms in total. The second kappa shape index (κ2) is 5.25. The molecule has 0 heterocycles. The van der Waals surface area contributed by atoms with E-state index in [0.717, 1.165) is 5.69 Å². The second-order valence-corrected chi connectivity index (χ2v) is 3.07. The number of nitrogens with zero attached hydrogens (tertiary/aromatic N) is 2. The van der Waals surface area contributed by atoms with E-state index >= 15 is 0 Å². The zero-order valence-electron chi connectivity index (χ0n) is 8.22. The average molecular weight is 190 g/mol. The summed E-state index contributed by atoms with van der Waals surface area (Å²) >= 11 is 0. The molecule has 1 N–H and O–H groups in total. The lowest BCUT2D eigenvalue weighted by atomic mass is 10.2. The molecule has 0 bridgehead atoms. The van der Waals surface area contributed by atoms with Crippen LogP contribution >= 0.6 is 0 Å². The molecule has 1 rings (SSSR count). The standard InChI is InChI=1S/C11H14N2O/c1-10(14)13(9-5-8-12)11-6-3-2-4-7-11/h2-4,6-7,10,14H,5,9H2,1H3. The molecule has 0 aliphatic rings. The molecular weight excluding hydrogens is 176 g/mol. The van der Waals surface area contributed by atoms with E-state index in [0.29, 0.717) is 13.0 Å². The van der Waals surface area contributed by atoms with Crippen molar-refractivity contribution in [2.24, 2.45) is 0 Å². The Bertz CT molecular complexity index is 303. The Morgan fingerprint density at radius 3 is 2.57 bits per heavy atom. The van der Waals surface area contributed by atoms with Crippen molar-refractivity contribution in [3.8, 4) is 6.07 Å². The van der Waals surface area contributed by atoms with Crippen molar-refractivity contribution in [3.05, 3.63) is 30.3 Å². The molecule has 74 valence electrons. The molecule has 0 spiro atoms. The van der Waals surface area contributed by atoms with Crippen LogP contribution in [0.5, 0.6) is 0 Å². The van der Waals surface area contributed by atoms with Crippen LogP contribution in [0.25, 0.3) is 0 Å². The van der Waals surface area contributed by atoms with Gasteiger partial charge in [0.15, 0.2) is 0 Å². The van der Waals surface area contributed by atoms with Gasteiger partial charge in [0.1, 0.15) is 6.23 Å². The summed E-state index contributed by atoms with van der Waals surface area (Å²) in [6, 6.07) is 11.7. The highest BCUT2D eigenvalue weighted by Gasteiger charge is 2.10. The summed E-state index contributed by atoms with van der Waals surface area (Å²) in [6.07, 6.45) is -0.148. The van der Waals surface area contributed by atoms with Crippen LogP contribution in [0.3, 0.4) is 0 Å². The Morgan fingerprint density at radius 2 is 2.07 bits per heavy atom. The summed E-state index contributed by atoms with van der Waals surface area (Å²) in [4.78, 5) is 1.79. The number of benzene rings is 1. The van der Waals surface area contributed by atoms with Crippen LogP contribution < -0.4 is 4.90 Å². The highest BCUT2D eigenvalue weighted by Crippen LogP contribution is 2.15. The van der Waals surface area contributed by atoms with Crippen LogP contribution in [0.2, 0.25) is 0 Å². The largest absolute Gasteiger partial charge is 0.374 e. The smallest absolute Gasteiger partial charge is 0.124 e. The number of nitriles is 1. The maximum absolute atomic E-state index is 9.51. The monoisotopic (exact) mass is 190 g/mol. The van der Waals surface area contributed by atoms with E-state index in [1.54, 1.807) is 11.8 Å². The number of aliphatic hydroxyl groups is 1. The number of para-hydroxylation sites is 1. The van der Waals surface area contributed by atoms with Gasteiger partial charge in [0.05, 0.1) is 12.5 Å². The molecule has 0 fully saturated rings. The zero-order valence-corrected chi connectivity index (χ0v) is 8.22. The van der Waals surface area contributed by atoms with Gasteiger partial charge in [-0.25, -0.2) is 0 Å². The van der Waals surface area contributed by atoms with Gasteiger partial charge >= 0.3 is 0 Å². The number of aliphatic hydroxyl groups excluding tert-OH is 1. The first-order valence-corrected chi connectivity index (χ1v) is 4.62. The SMILES string of the molecule is CC(O)N(CCC#N)c1ccccc1. The van der Waals surface area contributed by atoms with Crippen molar-refractivity contribution >= 4 is 5.69 Å². The van der Waals surface area contributed by atoms with Gasteiger partial charge in [0.2, 0.25) is 0 Å². The van der Waals surface area contributed by atoms with E-state index in [1.807, 2.05) is 30.3 Å².